The fraction of sp³-hybridized carbons (Fsp3) is 0.444. The highest BCUT2D eigenvalue weighted by Gasteiger charge is 2.32. The highest BCUT2D eigenvalue weighted by molar-refractivity contribution is 5.84. The van der Waals surface area contributed by atoms with Gasteiger partial charge in [-0.3, -0.25) is 4.79 Å². The van der Waals surface area contributed by atoms with Crippen molar-refractivity contribution in [3.05, 3.63) is 59.7 Å². The predicted molar refractivity (Wildman–Crippen MR) is 131 cm³/mol. The third-order valence-electron chi connectivity index (χ3n) is 6.11. The topological polar surface area (TPSA) is 105 Å². The number of hydrogen-bond donors (Lipinski definition) is 3. The molecule has 0 saturated carbocycles. The van der Waals surface area contributed by atoms with E-state index in [9.17, 15) is 19.5 Å². The molecule has 1 atom stereocenters. The summed E-state index contributed by atoms with van der Waals surface area (Å²) in [6.45, 7) is 6.07. The molecule has 182 valence electrons. The Hall–Kier alpha value is -3.35. The number of carbonyl (C=O) groups is 3. The van der Waals surface area contributed by atoms with Crippen LogP contribution in [0.25, 0.3) is 11.1 Å². The van der Waals surface area contributed by atoms with Crippen LogP contribution in [0.5, 0.6) is 0 Å². The summed E-state index contributed by atoms with van der Waals surface area (Å²) >= 11 is 0. The fourth-order valence-corrected chi connectivity index (χ4v) is 4.31. The van der Waals surface area contributed by atoms with Crippen LogP contribution in [0, 0.1) is 5.41 Å². The van der Waals surface area contributed by atoms with Crippen LogP contribution in [0.2, 0.25) is 0 Å². The number of benzene rings is 2. The molecule has 0 saturated heterocycles. The predicted octanol–water partition coefficient (Wildman–Crippen LogP) is 4.70. The second-order valence-electron chi connectivity index (χ2n) is 9.77. The first-order chi connectivity index (χ1) is 16.2. The van der Waals surface area contributed by atoms with Gasteiger partial charge in [-0.05, 0) is 40.5 Å². The Morgan fingerprint density at radius 1 is 0.941 bits per heavy atom. The second-order valence-corrected chi connectivity index (χ2v) is 9.77. The number of hydrogen-bond acceptors (Lipinski definition) is 4. The lowest BCUT2D eigenvalue weighted by atomic mass is 9.86. The van der Waals surface area contributed by atoms with Crippen molar-refractivity contribution in [1.82, 2.24) is 10.6 Å². The molecule has 2 aromatic carbocycles. The Kier molecular flexibility index (Phi) is 8.31. The van der Waals surface area contributed by atoms with Crippen molar-refractivity contribution in [3.8, 4) is 11.1 Å². The van der Waals surface area contributed by atoms with Gasteiger partial charge in [-0.1, -0.05) is 75.7 Å². The molecule has 2 amide bonds. The molecule has 3 N–H and O–H groups in total. The highest BCUT2D eigenvalue weighted by atomic mass is 16.5. The number of unbranched alkanes of at least 4 members (excludes halogenated alkanes) is 2. The summed E-state index contributed by atoms with van der Waals surface area (Å²) in [6.07, 6.45) is 1.87. The van der Waals surface area contributed by atoms with Crippen LogP contribution in [0.4, 0.5) is 4.79 Å². The zero-order valence-corrected chi connectivity index (χ0v) is 20.1. The van der Waals surface area contributed by atoms with Crippen LogP contribution in [0.15, 0.2) is 48.5 Å². The van der Waals surface area contributed by atoms with Gasteiger partial charge in [0.1, 0.15) is 12.6 Å². The number of nitrogens with one attached hydrogen (secondary N) is 2. The van der Waals surface area contributed by atoms with E-state index in [1.807, 2.05) is 24.3 Å². The third-order valence-corrected chi connectivity index (χ3v) is 6.11. The normalized spacial score (nSPS) is 13.5. The molecule has 0 spiro atoms. The van der Waals surface area contributed by atoms with E-state index in [2.05, 4.69) is 34.9 Å². The summed E-state index contributed by atoms with van der Waals surface area (Å²) in [5.74, 6) is -1.28. The van der Waals surface area contributed by atoms with Crippen LogP contribution in [0.1, 0.15) is 63.5 Å². The van der Waals surface area contributed by atoms with E-state index < -0.39 is 23.5 Å². The number of fused-ring (bicyclic) bond motifs is 3. The summed E-state index contributed by atoms with van der Waals surface area (Å²) in [5.41, 5.74) is 4.16. The number of alkyl carbamates (subject to hydrolysis) is 1. The molecule has 0 fully saturated rings. The number of carboxylic acids is 1. The zero-order chi connectivity index (χ0) is 24.7. The third kappa shape index (κ3) is 6.37. The molecule has 0 aromatic heterocycles. The molecule has 0 bridgehead atoms. The highest BCUT2D eigenvalue weighted by Crippen LogP contribution is 2.44. The van der Waals surface area contributed by atoms with E-state index in [4.69, 9.17) is 4.74 Å². The molecule has 3 rings (SSSR count). The lowest BCUT2D eigenvalue weighted by Crippen LogP contribution is -2.49. The summed E-state index contributed by atoms with van der Waals surface area (Å²) in [6, 6.07) is 15.5. The Morgan fingerprint density at radius 3 is 2.09 bits per heavy atom. The molecule has 0 aliphatic heterocycles. The summed E-state index contributed by atoms with van der Waals surface area (Å²) < 4.78 is 5.51. The summed E-state index contributed by atoms with van der Waals surface area (Å²) in [7, 11) is 0. The largest absolute Gasteiger partial charge is 0.480 e. The summed E-state index contributed by atoms with van der Waals surface area (Å²) in [4.78, 5) is 35.6. The maximum atomic E-state index is 12.2. The number of carboxylic acid groups (broad SMARTS) is 1. The molecule has 0 radical (unpaired) electrons. The standard InChI is InChI=1S/C27H34N2O5/c1-27(2,3)24(25(31)32)29-23(30)15-5-4-10-16-28-26(33)34-17-22-20-13-8-6-11-18(20)19-12-7-9-14-21(19)22/h6-9,11-14,22,24H,4-5,10,15-17H2,1-3H3,(H,28,33)(H,29,30)(H,31,32)/t24-/m0/s1. The Morgan fingerprint density at radius 2 is 1.53 bits per heavy atom. The SMILES string of the molecule is CC(C)(C)[C@@H](NC(=O)CCCCCNC(=O)OCC1c2ccccc2-c2ccccc21)C(=O)O. The van der Waals surface area contributed by atoms with Crippen molar-refractivity contribution >= 4 is 18.0 Å². The lowest BCUT2D eigenvalue weighted by molar-refractivity contribution is -0.145. The molecule has 1 aliphatic carbocycles. The van der Waals surface area contributed by atoms with Crippen LogP contribution in [0.3, 0.4) is 0 Å². The van der Waals surface area contributed by atoms with E-state index in [-0.39, 0.29) is 24.9 Å². The van der Waals surface area contributed by atoms with Crippen molar-refractivity contribution in [1.29, 1.82) is 0 Å². The minimum atomic E-state index is -1.03. The van der Waals surface area contributed by atoms with Crippen LogP contribution in [-0.2, 0) is 14.3 Å². The maximum absolute atomic E-state index is 12.2. The lowest BCUT2D eigenvalue weighted by Gasteiger charge is -2.27. The number of ether oxygens (including phenoxy) is 1. The van der Waals surface area contributed by atoms with E-state index in [1.165, 1.54) is 22.3 Å². The number of amides is 2. The van der Waals surface area contributed by atoms with Gasteiger partial charge in [0.15, 0.2) is 0 Å². The van der Waals surface area contributed by atoms with Gasteiger partial charge >= 0.3 is 12.1 Å². The Bertz CT molecular complexity index is 982. The van der Waals surface area contributed by atoms with Gasteiger partial charge in [0.25, 0.3) is 0 Å². The first-order valence-corrected chi connectivity index (χ1v) is 11.8. The van der Waals surface area contributed by atoms with Crippen molar-refractivity contribution < 1.29 is 24.2 Å². The van der Waals surface area contributed by atoms with Gasteiger partial charge in [-0.25, -0.2) is 9.59 Å². The average Bonchev–Trinajstić information content (AvgIpc) is 3.11. The van der Waals surface area contributed by atoms with Gasteiger partial charge in [0.2, 0.25) is 5.91 Å². The molecule has 0 heterocycles. The van der Waals surface area contributed by atoms with Gasteiger partial charge in [0.05, 0.1) is 0 Å². The van der Waals surface area contributed by atoms with E-state index >= 15 is 0 Å². The van der Waals surface area contributed by atoms with E-state index in [0.717, 1.165) is 6.42 Å². The first kappa shape index (κ1) is 25.3. The Labute approximate surface area is 200 Å². The monoisotopic (exact) mass is 466 g/mol. The number of rotatable bonds is 10. The molecule has 1 aliphatic rings. The van der Waals surface area contributed by atoms with Crippen LogP contribution < -0.4 is 10.6 Å². The zero-order valence-electron chi connectivity index (χ0n) is 20.1. The van der Waals surface area contributed by atoms with Crippen molar-refractivity contribution in [2.24, 2.45) is 5.41 Å². The molecule has 7 nitrogen and oxygen atoms in total. The van der Waals surface area contributed by atoms with Gasteiger partial charge < -0.3 is 20.5 Å². The van der Waals surface area contributed by atoms with Gasteiger partial charge in [0, 0.05) is 18.9 Å². The average molecular weight is 467 g/mol. The first-order valence-electron chi connectivity index (χ1n) is 11.8. The molecular weight excluding hydrogens is 432 g/mol. The minimum absolute atomic E-state index is 0.0272. The van der Waals surface area contributed by atoms with Crippen molar-refractivity contribution in [3.63, 3.8) is 0 Å². The molecule has 7 heteroatoms. The van der Waals surface area contributed by atoms with Crippen LogP contribution in [-0.4, -0.2) is 42.3 Å². The van der Waals surface area contributed by atoms with Crippen LogP contribution >= 0.6 is 0 Å². The van der Waals surface area contributed by atoms with Crippen molar-refractivity contribution in [2.45, 2.75) is 58.4 Å². The smallest absolute Gasteiger partial charge is 0.407 e. The minimum Gasteiger partial charge on any atom is -0.480 e. The maximum Gasteiger partial charge on any atom is 0.407 e. The summed E-state index contributed by atoms with van der Waals surface area (Å²) in [5, 5.41) is 14.7. The number of aliphatic carboxylic acids is 1. The molecule has 2 aromatic rings. The van der Waals surface area contributed by atoms with Crippen molar-refractivity contribution in [2.75, 3.05) is 13.2 Å². The van der Waals surface area contributed by atoms with E-state index in [1.54, 1.807) is 20.8 Å². The Balaban J connectivity index is 1.35. The van der Waals surface area contributed by atoms with E-state index in [0.29, 0.717) is 19.4 Å². The number of carbonyl (C=O) groups excluding carboxylic acids is 2. The molecule has 0 unspecified atom stereocenters. The second kappa shape index (κ2) is 11.2. The quantitative estimate of drug-likeness (QED) is 0.440. The fourth-order valence-electron chi connectivity index (χ4n) is 4.31. The van der Waals surface area contributed by atoms with Gasteiger partial charge in [-0.15, -0.1) is 0 Å². The van der Waals surface area contributed by atoms with Gasteiger partial charge in [-0.2, -0.15) is 0 Å². The molecule has 34 heavy (non-hydrogen) atoms. The molecular formula is C27H34N2O5.